The second-order valence-electron chi connectivity index (χ2n) is 6.70. The van der Waals surface area contributed by atoms with E-state index in [2.05, 4.69) is 15.0 Å². The first-order chi connectivity index (χ1) is 12.6. The number of hydrogen-bond acceptors (Lipinski definition) is 4. The first kappa shape index (κ1) is 16.7. The monoisotopic (exact) mass is 354 g/mol. The summed E-state index contributed by atoms with van der Waals surface area (Å²) in [7, 11) is 0. The lowest BCUT2D eigenvalue weighted by molar-refractivity contribution is -0.151. The molecule has 1 saturated heterocycles. The van der Waals surface area contributed by atoms with Gasteiger partial charge >= 0.3 is 5.97 Å². The van der Waals surface area contributed by atoms with Gasteiger partial charge in [-0.25, -0.2) is 9.18 Å². The first-order valence-corrected chi connectivity index (χ1v) is 8.58. The molecule has 1 fully saturated rings. The number of carboxylic acid groups (broad SMARTS) is 1. The van der Waals surface area contributed by atoms with E-state index in [1.54, 1.807) is 29.2 Å². The fourth-order valence-corrected chi connectivity index (χ4v) is 3.60. The SMILES string of the molecule is O=C(O)C1(n2cccn2)CCN(Cc2ccc3cc(F)ccc3n2)CC1. The van der Waals surface area contributed by atoms with Gasteiger partial charge in [-0.2, -0.15) is 5.10 Å². The van der Waals surface area contributed by atoms with Gasteiger partial charge in [0.05, 0.1) is 11.2 Å². The highest BCUT2D eigenvalue weighted by atomic mass is 19.1. The van der Waals surface area contributed by atoms with E-state index in [4.69, 9.17) is 0 Å². The number of benzene rings is 1. The molecule has 2 aromatic heterocycles. The molecule has 1 aliphatic rings. The van der Waals surface area contributed by atoms with Crippen LogP contribution in [0.25, 0.3) is 10.9 Å². The number of likely N-dealkylation sites (tertiary alicyclic amines) is 1. The molecule has 134 valence electrons. The van der Waals surface area contributed by atoms with E-state index >= 15 is 0 Å². The van der Waals surface area contributed by atoms with Crippen LogP contribution in [-0.2, 0) is 16.9 Å². The van der Waals surface area contributed by atoms with Gasteiger partial charge in [-0.1, -0.05) is 6.07 Å². The van der Waals surface area contributed by atoms with Gasteiger partial charge in [-0.3, -0.25) is 14.6 Å². The summed E-state index contributed by atoms with van der Waals surface area (Å²) in [4.78, 5) is 18.7. The van der Waals surface area contributed by atoms with E-state index in [-0.39, 0.29) is 5.82 Å². The molecule has 7 heteroatoms. The van der Waals surface area contributed by atoms with Crippen molar-refractivity contribution in [2.45, 2.75) is 24.9 Å². The van der Waals surface area contributed by atoms with E-state index in [0.717, 1.165) is 16.6 Å². The smallest absolute Gasteiger partial charge is 0.331 e. The van der Waals surface area contributed by atoms with Crippen molar-refractivity contribution in [3.05, 3.63) is 60.3 Å². The Morgan fingerprint density at radius 3 is 2.73 bits per heavy atom. The third-order valence-corrected chi connectivity index (χ3v) is 5.12. The molecule has 26 heavy (non-hydrogen) atoms. The summed E-state index contributed by atoms with van der Waals surface area (Å²) in [6.45, 7) is 1.94. The standard InChI is InChI=1S/C19H19FN4O2/c20-15-3-5-17-14(12-15)2-4-16(22-17)13-23-10-6-19(7-11-23,18(25)26)24-9-1-8-21-24/h1-5,8-9,12H,6-7,10-11,13H2,(H,25,26). The van der Waals surface area contributed by atoms with E-state index in [0.29, 0.717) is 32.5 Å². The lowest BCUT2D eigenvalue weighted by atomic mass is 9.87. The summed E-state index contributed by atoms with van der Waals surface area (Å²) < 4.78 is 14.8. The van der Waals surface area contributed by atoms with Crippen LogP contribution < -0.4 is 0 Å². The van der Waals surface area contributed by atoms with Crippen LogP contribution in [0.3, 0.4) is 0 Å². The van der Waals surface area contributed by atoms with Crippen molar-refractivity contribution in [2.24, 2.45) is 0 Å². The maximum absolute atomic E-state index is 13.3. The molecule has 0 bridgehead atoms. The normalized spacial score (nSPS) is 17.4. The number of pyridine rings is 1. The predicted octanol–water partition coefficient (Wildman–Crippen LogP) is 2.65. The molecule has 1 aliphatic heterocycles. The number of halogens is 1. The van der Waals surface area contributed by atoms with Crippen LogP contribution >= 0.6 is 0 Å². The van der Waals surface area contributed by atoms with Gasteiger partial charge < -0.3 is 5.11 Å². The van der Waals surface area contributed by atoms with E-state index in [1.807, 2.05) is 12.1 Å². The molecule has 6 nitrogen and oxygen atoms in total. The summed E-state index contributed by atoms with van der Waals surface area (Å²) in [6, 6.07) is 10.1. The molecule has 3 heterocycles. The van der Waals surface area contributed by atoms with Crippen LogP contribution in [0, 0.1) is 5.82 Å². The molecular weight excluding hydrogens is 335 g/mol. The zero-order valence-corrected chi connectivity index (χ0v) is 14.2. The van der Waals surface area contributed by atoms with Crippen molar-refractivity contribution in [2.75, 3.05) is 13.1 Å². The average molecular weight is 354 g/mol. The summed E-state index contributed by atoms with van der Waals surface area (Å²) in [5, 5.41) is 14.7. The highest BCUT2D eigenvalue weighted by Gasteiger charge is 2.43. The van der Waals surface area contributed by atoms with Crippen LogP contribution in [0.4, 0.5) is 4.39 Å². The van der Waals surface area contributed by atoms with Crippen molar-refractivity contribution in [1.82, 2.24) is 19.7 Å². The molecule has 0 amide bonds. The fourth-order valence-electron chi connectivity index (χ4n) is 3.60. The van der Waals surface area contributed by atoms with Gasteiger partial charge in [0.1, 0.15) is 5.82 Å². The van der Waals surface area contributed by atoms with Crippen LogP contribution in [0.2, 0.25) is 0 Å². The lowest BCUT2D eigenvalue weighted by Gasteiger charge is -2.38. The zero-order chi connectivity index (χ0) is 18.1. The molecule has 0 radical (unpaired) electrons. The summed E-state index contributed by atoms with van der Waals surface area (Å²) >= 11 is 0. The van der Waals surface area contributed by atoms with Crippen LogP contribution in [0.15, 0.2) is 48.8 Å². The van der Waals surface area contributed by atoms with Crippen molar-refractivity contribution in [1.29, 1.82) is 0 Å². The van der Waals surface area contributed by atoms with Gasteiger partial charge in [0.2, 0.25) is 0 Å². The molecule has 4 rings (SSSR count). The average Bonchev–Trinajstić information content (AvgIpc) is 3.17. The van der Waals surface area contributed by atoms with Crippen molar-refractivity contribution in [3.8, 4) is 0 Å². The third-order valence-electron chi connectivity index (χ3n) is 5.12. The van der Waals surface area contributed by atoms with Crippen molar-refractivity contribution >= 4 is 16.9 Å². The predicted molar refractivity (Wildman–Crippen MR) is 94.0 cm³/mol. The Bertz CT molecular complexity index is 934. The molecule has 0 saturated carbocycles. The van der Waals surface area contributed by atoms with Crippen molar-refractivity contribution in [3.63, 3.8) is 0 Å². The topological polar surface area (TPSA) is 71.2 Å². The molecule has 1 N–H and O–H groups in total. The Morgan fingerprint density at radius 1 is 1.23 bits per heavy atom. The van der Waals surface area contributed by atoms with E-state index in [1.165, 1.54) is 12.1 Å². The zero-order valence-electron chi connectivity index (χ0n) is 14.2. The lowest BCUT2D eigenvalue weighted by Crippen LogP contribution is -2.51. The van der Waals surface area contributed by atoms with Gasteiger partial charge in [-0.15, -0.1) is 0 Å². The molecule has 3 aromatic rings. The number of nitrogens with zero attached hydrogens (tertiary/aromatic N) is 4. The van der Waals surface area contributed by atoms with Gasteiger partial charge in [-0.05, 0) is 43.2 Å². The Kier molecular flexibility index (Phi) is 4.16. The minimum Gasteiger partial charge on any atom is -0.479 e. The summed E-state index contributed by atoms with van der Waals surface area (Å²) in [5.74, 6) is -1.11. The number of rotatable bonds is 4. The van der Waals surface area contributed by atoms with E-state index < -0.39 is 11.5 Å². The summed E-state index contributed by atoms with van der Waals surface area (Å²) in [6.07, 6.45) is 4.30. The Labute approximate surface area is 149 Å². The Hall–Kier alpha value is -2.80. The number of fused-ring (bicyclic) bond motifs is 1. The molecule has 0 unspecified atom stereocenters. The summed E-state index contributed by atoms with van der Waals surface area (Å²) in [5.41, 5.74) is 0.678. The number of carboxylic acids is 1. The fraction of sp³-hybridized carbons (Fsp3) is 0.316. The van der Waals surface area contributed by atoms with Gasteiger partial charge in [0.15, 0.2) is 5.54 Å². The highest BCUT2D eigenvalue weighted by molar-refractivity contribution is 5.78. The van der Waals surface area contributed by atoms with Crippen LogP contribution in [-0.4, -0.2) is 43.8 Å². The first-order valence-electron chi connectivity index (χ1n) is 8.58. The quantitative estimate of drug-likeness (QED) is 0.780. The molecule has 0 aliphatic carbocycles. The minimum atomic E-state index is -0.978. The van der Waals surface area contributed by atoms with E-state index in [9.17, 15) is 14.3 Å². The van der Waals surface area contributed by atoms with Gasteiger partial charge in [0.25, 0.3) is 0 Å². The number of aromatic nitrogens is 3. The number of hydrogen-bond donors (Lipinski definition) is 1. The maximum atomic E-state index is 13.3. The number of aliphatic carboxylic acids is 1. The second kappa shape index (κ2) is 6.49. The molecular formula is C19H19FN4O2. The number of piperidine rings is 1. The van der Waals surface area contributed by atoms with Crippen molar-refractivity contribution < 1.29 is 14.3 Å². The number of carbonyl (C=O) groups is 1. The Balaban J connectivity index is 1.48. The third kappa shape index (κ3) is 2.94. The Morgan fingerprint density at radius 2 is 2.04 bits per heavy atom. The second-order valence-corrected chi connectivity index (χ2v) is 6.70. The highest BCUT2D eigenvalue weighted by Crippen LogP contribution is 2.30. The van der Waals surface area contributed by atoms with Crippen LogP contribution in [0.1, 0.15) is 18.5 Å². The molecule has 1 aromatic carbocycles. The molecule has 0 atom stereocenters. The largest absolute Gasteiger partial charge is 0.479 e. The molecule has 0 spiro atoms. The maximum Gasteiger partial charge on any atom is 0.331 e. The van der Waals surface area contributed by atoms with Gasteiger partial charge in [0, 0.05) is 37.4 Å². The van der Waals surface area contributed by atoms with Crippen LogP contribution in [0.5, 0.6) is 0 Å². The minimum absolute atomic E-state index is 0.272.